The molecule has 3 N–H and O–H groups in total. The summed E-state index contributed by atoms with van der Waals surface area (Å²) in [5, 5.41) is 8.06. The van der Waals surface area contributed by atoms with Gasteiger partial charge in [0.25, 0.3) is 5.91 Å². The Labute approximate surface area is 238 Å². The molecule has 0 spiro atoms. The number of carbonyl (C=O) groups is 5. The molecule has 9 heteroatoms. The van der Waals surface area contributed by atoms with Crippen LogP contribution in [0.3, 0.4) is 0 Å². The van der Waals surface area contributed by atoms with Crippen molar-refractivity contribution < 1.29 is 24.0 Å². The van der Waals surface area contributed by atoms with Crippen molar-refractivity contribution >= 4 is 29.4 Å². The summed E-state index contributed by atoms with van der Waals surface area (Å²) in [6, 6.07) is 7.76. The van der Waals surface area contributed by atoms with Crippen molar-refractivity contribution in [2.45, 2.75) is 96.7 Å². The molecule has 0 saturated carbocycles. The SMILES string of the molecule is C=CCNC(=O)C(=O)C(CCC)NC(=O)C1CCCN1C(=O)C(NC(=O)CCCCCc1ccccc1)C(C)C. The first-order valence-electron chi connectivity index (χ1n) is 14.6. The molecule has 4 amide bonds. The first kappa shape index (κ1) is 32.7. The molecule has 1 aromatic rings. The molecule has 9 nitrogen and oxygen atoms in total. The van der Waals surface area contributed by atoms with E-state index in [9.17, 15) is 24.0 Å². The molecule has 1 fully saturated rings. The van der Waals surface area contributed by atoms with Gasteiger partial charge in [0.05, 0.1) is 6.04 Å². The first-order valence-corrected chi connectivity index (χ1v) is 14.6. The summed E-state index contributed by atoms with van der Waals surface area (Å²) in [5.41, 5.74) is 1.28. The number of Topliss-reactive ketones (excluding diaryl/α,β-unsaturated/α-hetero) is 1. The standard InChI is InChI=1S/C31H46N4O5/c1-5-14-24(28(37)30(39)32-20-6-2)33-29(38)25-18-13-21-35(25)31(40)27(22(3)4)34-26(36)19-12-8-11-17-23-15-9-7-10-16-23/h6-7,9-10,15-16,22,24-25,27H,2,5,8,11-14,17-21H2,1,3-4H3,(H,32,39)(H,33,38)(H,34,36). The Kier molecular flexibility index (Phi) is 14.1. The van der Waals surface area contributed by atoms with Crippen LogP contribution in [0, 0.1) is 5.92 Å². The molecule has 0 radical (unpaired) electrons. The van der Waals surface area contributed by atoms with Gasteiger partial charge in [0.15, 0.2) is 0 Å². The van der Waals surface area contributed by atoms with Crippen LogP contribution in [0.2, 0.25) is 0 Å². The number of hydrogen-bond acceptors (Lipinski definition) is 5. The quantitative estimate of drug-likeness (QED) is 0.155. The molecule has 1 aromatic carbocycles. The maximum absolute atomic E-state index is 13.5. The Morgan fingerprint density at radius 3 is 2.42 bits per heavy atom. The normalized spacial score (nSPS) is 16.2. The predicted octanol–water partition coefficient (Wildman–Crippen LogP) is 3.08. The Morgan fingerprint density at radius 2 is 1.77 bits per heavy atom. The third kappa shape index (κ3) is 10.2. The molecular weight excluding hydrogens is 508 g/mol. The van der Waals surface area contributed by atoms with E-state index in [2.05, 4.69) is 34.7 Å². The van der Waals surface area contributed by atoms with Crippen LogP contribution in [-0.4, -0.2) is 65.5 Å². The zero-order valence-corrected chi connectivity index (χ0v) is 24.2. The van der Waals surface area contributed by atoms with Crippen molar-refractivity contribution in [1.29, 1.82) is 0 Å². The number of rotatable bonds is 17. The minimum atomic E-state index is -0.970. The summed E-state index contributed by atoms with van der Waals surface area (Å²) in [4.78, 5) is 65.8. The zero-order chi connectivity index (χ0) is 29.5. The molecule has 1 saturated heterocycles. The minimum Gasteiger partial charge on any atom is -0.346 e. The highest BCUT2D eigenvalue weighted by molar-refractivity contribution is 6.38. The lowest BCUT2D eigenvalue weighted by atomic mass is 10.0. The number of carbonyl (C=O) groups excluding carboxylic acids is 5. The molecule has 2 rings (SSSR count). The Bertz CT molecular complexity index is 1010. The number of aryl methyl sites for hydroxylation is 1. The van der Waals surface area contributed by atoms with E-state index in [0.717, 1.165) is 25.7 Å². The Balaban J connectivity index is 1.93. The lowest BCUT2D eigenvalue weighted by molar-refractivity contribution is -0.144. The fourth-order valence-electron chi connectivity index (χ4n) is 4.91. The molecule has 0 aliphatic carbocycles. The van der Waals surface area contributed by atoms with Crippen molar-refractivity contribution in [1.82, 2.24) is 20.9 Å². The molecule has 3 atom stereocenters. The smallest absolute Gasteiger partial charge is 0.289 e. The van der Waals surface area contributed by atoms with Crippen molar-refractivity contribution in [3.8, 4) is 0 Å². The van der Waals surface area contributed by atoms with Crippen LogP contribution in [0.4, 0.5) is 0 Å². The largest absolute Gasteiger partial charge is 0.346 e. The van der Waals surface area contributed by atoms with E-state index in [4.69, 9.17) is 0 Å². The van der Waals surface area contributed by atoms with E-state index in [1.807, 2.05) is 39.0 Å². The van der Waals surface area contributed by atoms with Crippen LogP contribution < -0.4 is 16.0 Å². The molecular formula is C31H46N4O5. The summed E-state index contributed by atoms with van der Waals surface area (Å²) in [6.45, 7) is 9.65. The van der Waals surface area contributed by atoms with Crippen LogP contribution in [0.1, 0.15) is 77.7 Å². The number of nitrogens with one attached hydrogen (secondary N) is 3. The van der Waals surface area contributed by atoms with Crippen LogP contribution in [0.5, 0.6) is 0 Å². The number of unbranched alkanes of at least 4 members (excludes halogenated alkanes) is 2. The minimum absolute atomic E-state index is 0.151. The summed E-state index contributed by atoms with van der Waals surface area (Å²) in [7, 11) is 0. The summed E-state index contributed by atoms with van der Waals surface area (Å²) in [6.07, 6.45) is 7.41. The van der Waals surface area contributed by atoms with Crippen molar-refractivity contribution in [2.24, 2.45) is 5.92 Å². The highest BCUT2D eigenvalue weighted by Crippen LogP contribution is 2.21. The number of ketones is 1. The molecule has 1 aliphatic rings. The van der Waals surface area contributed by atoms with Crippen LogP contribution in [0.25, 0.3) is 0 Å². The third-order valence-electron chi connectivity index (χ3n) is 7.14. The number of amides is 4. The molecule has 3 unspecified atom stereocenters. The van der Waals surface area contributed by atoms with Crippen LogP contribution in [-0.2, 0) is 30.4 Å². The van der Waals surface area contributed by atoms with Gasteiger partial charge >= 0.3 is 0 Å². The Morgan fingerprint density at radius 1 is 1.05 bits per heavy atom. The second kappa shape index (κ2) is 17.3. The number of nitrogens with zero attached hydrogens (tertiary/aromatic N) is 1. The molecule has 220 valence electrons. The van der Waals surface area contributed by atoms with Gasteiger partial charge in [-0.25, -0.2) is 0 Å². The van der Waals surface area contributed by atoms with E-state index in [-0.39, 0.29) is 24.3 Å². The number of benzene rings is 1. The summed E-state index contributed by atoms with van der Waals surface area (Å²) in [5.74, 6) is -2.59. The second-order valence-electron chi connectivity index (χ2n) is 10.7. The van der Waals surface area contributed by atoms with Gasteiger partial charge in [-0.15, -0.1) is 6.58 Å². The van der Waals surface area contributed by atoms with E-state index in [0.29, 0.717) is 38.6 Å². The average molecular weight is 555 g/mol. The van der Waals surface area contributed by atoms with Crippen molar-refractivity contribution in [2.75, 3.05) is 13.1 Å². The van der Waals surface area contributed by atoms with Gasteiger partial charge in [-0.05, 0) is 50.0 Å². The average Bonchev–Trinajstić information content (AvgIpc) is 3.44. The van der Waals surface area contributed by atoms with E-state index in [1.165, 1.54) is 16.5 Å². The van der Waals surface area contributed by atoms with Crippen molar-refractivity contribution in [3.05, 3.63) is 48.6 Å². The van der Waals surface area contributed by atoms with E-state index in [1.54, 1.807) is 0 Å². The van der Waals surface area contributed by atoms with Gasteiger partial charge in [-0.2, -0.15) is 0 Å². The lowest BCUT2D eigenvalue weighted by Crippen LogP contribution is -2.57. The third-order valence-corrected chi connectivity index (χ3v) is 7.14. The maximum Gasteiger partial charge on any atom is 0.289 e. The van der Waals surface area contributed by atoms with Crippen molar-refractivity contribution in [3.63, 3.8) is 0 Å². The van der Waals surface area contributed by atoms with Gasteiger partial charge in [0.2, 0.25) is 23.5 Å². The number of likely N-dealkylation sites (tertiary alicyclic amines) is 1. The molecule has 0 aromatic heterocycles. The van der Waals surface area contributed by atoms with E-state index >= 15 is 0 Å². The fourth-order valence-corrected chi connectivity index (χ4v) is 4.91. The number of hydrogen-bond donors (Lipinski definition) is 3. The monoisotopic (exact) mass is 554 g/mol. The van der Waals surface area contributed by atoms with Crippen LogP contribution >= 0.6 is 0 Å². The van der Waals surface area contributed by atoms with Gasteiger partial charge in [0, 0.05) is 19.5 Å². The first-order chi connectivity index (χ1) is 19.2. The topological polar surface area (TPSA) is 125 Å². The molecule has 1 heterocycles. The van der Waals surface area contributed by atoms with Gasteiger partial charge < -0.3 is 20.9 Å². The molecule has 1 aliphatic heterocycles. The zero-order valence-electron chi connectivity index (χ0n) is 24.2. The van der Waals surface area contributed by atoms with Gasteiger partial charge in [0.1, 0.15) is 12.1 Å². The molecule has 40 heavy (non-hydrogen) atoms. The highest BCUT2D eigenvalue weighted by Gasteiger charge is 2.40. The second-order valence-corrected chi connectivity index (χ2v) is 10.7. The highest BCUT2D eigenvalue weighted by atomic mass is 16.2. The predicted molar refractivity (Wildman–Crippen MR) is 155 cm³/mol. The van der Waals surface area contributed by atoms with Gasteiger partial charge in [-0.1, -0.05) is 70.0 Å². The summed E-state index contributed by atoms with van der Waals surface area (Å²) < 4.78 is 0. The Hall–Kier alpha value is -3.49. The lowest BCUT2D eigenvalue weighted by Gasteiger charge is -2.31. The fraction of sp³-hybridized carbons (Fsp3) is 0.581. The maximum atomic E-state index is 13.5. The van der Waals surface area contributed by atoms with Crippen LogP contribution in [0.15, 0.2) is 43.0 Å². The van der Waals surface area contributed by atoms with Gasteiger partial charge in [-0.3, -0.25) is 24.0 Å². The summed E-state index contributed by atoms with van der Waals surface area (Å²) >= 11 is 0. The molecule has 0 bridgehead atoms. The van der Waals surface area contributed by atoms with E-state index < -0.39 is 35.7 Å².